The summed E-state index contributed by atoms with van der Waals surface area (Å²) >= 11 is 0. The number of nitrogens with two attached hydrogens (primary N) is 1. The molecule has 118 valence electrons. The quantitative estimate of drug-likeness (QED) is 0.705. The first-order chi connectivity index (χ1) is 9.75. The summed E-state index contributed by atoms with van der Waals surface area (Å²) in [5, 5.41) is 13.0. The second kappa shape index (κ2) is 7.46. The van der Waals surface area contributed by atoms with Gasteiger partial charge in [0, 0.05) is 13.0 Å². The number of benzene rings is 1. The molecule has 1 aromatic rings. The van der Waals surface area contributed by atoms with Crippen LogP contribution in [0.1, 0.15) is 50.3 Å². The van der Waals surface area contributed by atoms with Crippen LogP contribution >= 0.6 is 0 Å². The second-order valence-corrected chi connectivity index (χ2v) is 6.55. The minimum atomic E-state index is -0.117. The Kier molecular flexibility index (Phi) is 6.21. The number of carbonyl (C=O) groups excluding carboxylic acids is 1. The maximum Gasteiger partial charge on any atom is 0.220 e. The Hall–Kier alpha value is -1.55. The molecule has 0 radical (unpaired) electrons. The predicted molar refractivity (Wildman–Crippen MR) is 86.5 cm³/mol. The molecule has 0 aromatic heterocycles. The van der Waals surface area contributed by atoms with Crippen LogP contribution in [0.5, 0.6) is 5.75 Å². The molecule has 0 unspecified atom stereocenters. The Balaban J connectivity index is 2.72. The third kappa shape index (κ3) is 5.38. The highest BCUT2D eigenvalue weighted by molar-refractivity contribution is 5.76. The Labute approximate surface area is 127 Å². The Bertz CT molecular complexity index is 490. The second-order valence-electron chi connectivity index (χ2n) is 6.55. The molecule has 0 aliphatic rings. The van der Waals surface area contributed by atoms with E-state index in [4.69, 9.17) is 5.73 Å². The van der Waals surface area contributed by atoms with E-state index < -0.39 is 0 Å². The van der Waals surface area contributed by atoms with Crippen molar-refractivity contribution < 1.29 is 9.90 Å². The number of phenolic OH excluding ortho intramolecular Hbond substituents is 1. The number of nitrogens with one attached hydrogen (secondary N) is 1. The normalized spacial score (nSPS) is 11.5. The minimum Gasteiger partial charge on any atom is -0.507 e. The molecular weight excluding hydrogens is 264 g/mol. The van der Waals surface area contributed by atoms with E-state index in [9.17, 15) is 9.90 Å². The van der Waals surface area contributed by atoms with Crippen LogP contribution in [0, 0.1) is 6.92 Å². The van der Waals surface area contributed by atoms with Crippen LogP contribution in [0.3, 0.4) is 0 Å². The van der Waals surface area contributed by atoms with Crippen LogP contribution in [-0.2, 0) is 16.6 Å². The molecule has 0 aliphatic heterocycles. The molecule has 0 saturated carbocycles. The van der Waals surface area contributed by atoms with E-state index in [0.717, 1.165) is 23.1 Å². The molecule has 0 fully saturated rings. The van der Waals surface area contributed by atoms with Crippen molar-refractivity contribution in [2.45, 2.75) is 52.4 Å². The fourth-order valence-corrected chi connectivity index (χ4v) is 2.25. The van der Waals surface area contributed by atoms with Crippen LogP contribution in [0.4, 0.5) is 0 Å². The SMILES string of the molecule is Cc1cc(CCC(=O)NCCCN)cc(C(C)(C)C)c1O. The molecule has 0 aliphatic carbocycles. The summed E-state index contributed by atoms with van der Waals surface area (Å²) in [4.78, 5) is 11.7. The van der Waals surface area contributed by atoms with Gasteiger partial charge in [0.2, 0.25) is 5.91 Å². The first kappa shape index (κ1) is 17.5. The van der Waals surface area contributed by atoms with Crippen molar-refractivity contribution >= 4 is 5.91 Å². The fraction of sp³-hybridized carbons (Fsp3) is 0.588. The van der Waals surface area contributed by atoms with Gasteiger partial charge in [0.1, 0.15) is 5.75 Å². The maximum atomic E-state index is 11.7. The van der Waals surface area contributed by atoms with Crippen LogP contribution in [0.25, 0.3) is 0 Å². The van der Waals surface area contributed by atoms with Gasteiger partial charge in [0.25, 0.3) is 0 Å². The molecule has 4 heteroatoms. The average Bonchev–Trinajstić information content (AvgIpc) is 2.39. The minimum absolute atomic E-state index is 0.0477. The standard InChI is InChI=1S/C17H28N2O2/c1-12-10-13(6-7-15(20)19-9-5-8-18)11-14(16(12)21)17(2,3)4/h10-11,21H,5-9,18H2,1-4H3,(H,19,20). The molecule has 0 heterocycles. The lowest BCUT2D eigenvalue weighted by molar-refractivity contribution is -0.121. The van der Waals surface area contributed by atoms with Crippen molar-refractivity contribution in [2.75, 3.05) is 13.1 Å². The molecule has 4 nitrogen and oxygen atoms in total. The zero-order valence-electron chi connectivity index (χ0n) is 13.6. The molecule has 0 saturated heterocycles. The maximum absolute atomic E-state index is 11.7. The lowest BCUT2D eigenvalue weighted by Crippen LogP contribution is -2.26. The number of aromatic hydroxyl groups is 1. The van der Waals surface area contributed by atoms with Gasteiger partial charge in [-0.15, -0.1) is 0 Å². The third-order valence-electron chi connectivity index (χ3n) is 3.51. The van der Waals surface area contributed by atoms with Crippen LogP contribution < -0.4 is 11.1 Å². The summed E-state index contributed by atoms with van der Waals surface area (Å²) in [6, 6.07) is 3.97. The highest BCUT2D eigenvalue weighted by Gasteiger charge is 2.20. The number of hydrogen-bond acceptors (Lipinski definition) is 3. The summed E-state index contributed by atoms with van der Waals surface area (Å²) in [7, 11) is 0. The smallest absolute Gasteiger partial charge is 0.220 e. The average molecular weight is 292 g/mol. The molecule has 21 heavy (non-hydrogen) atoms. The number of phenols is 1. The summed E-state index contributed by atoms with van der Waals surface area (Å²) in [5.74, 6) is 0.408. The molecular formula is C17H28N2O2. The van der Waals surface area contributed by atoms with Gasteiger partial charge in [0.15, 0.2) is 0 Å². The van der Waals surface area contributed by atoms with Gasteiger partial charge in [0.05, 0.1) is 0 Å². The first-order valence-electron chi connectivity index (χ1n) is 7.55. The highest BCUT2D eigenvalue weighted by Crippen LogP contribution is 2.34. The summed E-state index contributed by atoms with van der Waals surface area (Å²) in [6.45, 7) is 9.35. The van der Waals surface area contributed by atoms with E-state index in [2.05, 4.69) is 26.1 Å². The molecule has 0 bridgehead atoms. The van der Waals surface area contributed by atoms with E-state index in [1.807, 2.05) is 19.1 Å². The zero-order valence-corrected chi connectivity index (χ0v) is 13.6. The van der Waals surface area contributed by atoms with Gasteiger partial charge in [-0.3, -0.25) is 4.79 Å². The number of hydrogen-bond donors (Lipinski definition) is 3. The number of rotatable bonds is 6. The fourth-order valence-electron chi connectivity index (χ4n) is 2.25. The number of amides is 1. The van der Waals surface area contributed by atoms with E-state index in [-0.39, 0.29) is 11.3 Å². The van der Waals surface area contributed by atoms with Crippen molar-refractivity contribution in [1.29, 1.82) is 0 Å². The molecule has 4 N–H and O–H groups in total. The van der Waals surface area contributed by atoms with Gasteiger partial charge in [-0.1, -0.05) is 32.9 Å². The Morgan fingerprint density at radius 1 is 1.33 bits per heavy atom. The van der Waals surface area contributed by atoms with Gasteiger partial charge < -0.3 is 16.2 Å². The highest BCUT2D eigenvalue weighted by atomic mass is 16.3. The lowest BCUT2D eigenvalue weighted by Gasteiger charge is -2.22. The van der Waals surface area contributed by atoms with Crippen LogP contribution in [0.2, 0.25) is 0 Å². The van der Waals surface area contributed by atoms with Crippen molar-refractivity contribution in [3.05, 3.63) is 28.8 Å². The van der Waals surface area contributed by atoms with Gasteiger partial charge in [-0.25, -0.2) is 0 Å². The van der Waals surface area contributed by atoms with Crippen molar-refractivity contribution in [3.8, 4) is 5.75 Å². The molecule has 1 rings (SSSR count). The molecule has 0 atom stereocenters. The predicted octanol–water partition coefficient (Wildman–Crippen LogP) is 2.40. The van der Waals surface area contributed by atoms with Crippen LogP contribution in [0.15, 0.2) is 12.1 Å². The first-order valence-corrected chi connectivity index (χ1v) is 7.55. The van der Waals surface area contributed by atoms with Gasteiger partial charge >= 0.3 is 0 Å². The Morgan fingerprint density at radius 3 is 2.57 bits per heavy atom. The topological polar surface area (TPSA) is 75.4 Å². The molecule has 1 aromatic carbocycles. The summed E-state index contributed by atoms with van der Waals surface area (Å²) in [6.07, 6.45) is 1.94. The third-order valence-corrected chi connectivity index (χ3v) is 3.51. The summed E-state index contributed by atoms with van der Waals surface area (Å²) in [5.41, 5.74) is 8.16. The van der Waals surface area contributed by atoms with Crippen molar-refractivity contribution in [1.82, 2.24) is 5.32 Å². The van der Waals surface area contributed by atoms with E-state index in [0.29, 0.717) is 31.7 Å². The molecule has 0 spiro atoms. The number of carbonyl (C=O) groups is 1. The van der Waals surface area contributed by atoms with Gasteiger partial charge in [-0.2, -0.15) is 0 Å². The summed E-state index contributed by atoms with van der Waals surface area (Å²) < 4.78 is 0. The van der Waals surface area contributed by atoms with E-state index >= 15 is 0 Å². The Morgan fingerprint density at radius 2 is 2.00 bits per heavy atom. The van der Waals surface area contributed by atoms with Crippen LogP contribution in [-0.4, -0.2) is 24.1 Å². The van der Waals surface area contributed by atoms with Crippen molar-refractivity contribution in [2.24, 2.45) is 5.73 Å². The zero-order chi connectivity index (χ0) is 16.0. The van der Waals surface area contributed by atoms with Gasteiger partial charge in [-0.05, 0) is 48.4 Å². The molecule has 1 amide bonds. The number of aryl methyl sites for hydroxylation is 2. The monoisotopic (exact) mass is 292 g/mol. The van der Waals surface area contributed by atoms with E-state index in [1.54, 1.807) is 0 Å². The van der Waals surface area contributed by atoms with Crippen molar-refractivity contribution in [3.63, 3.8) is 0 Å². The largest absolute Gasteiger partial charge is 0.507 e. The lowest BCUT2D eigenvalue weighted by atomic mass is 9.83. The van der Waals surface area contributed by atoms with E-state index in [1.165, 1.54) is 0 Å².